The van der Waals surface area contributed by atoms with Crippen molar-refractivity contribution in [1.82, 2.24) is 10.6 Å². The first-order valence-corrected chi connectivity index (χ1v) is 6.11. The molecule has 0 aromatic rings. The summed E-state index contributed by atoms with van der Waals surface area (Å²) >= 11 is 0. The highest BCUT2D eigenvalue weighted by Crippen LogP contribution is 2.31. The van der Waals surface area contributed by atoms with E-state index in [1.807, 2.05) is 0 Å². The molecule has 0 spiro atoms. The first-order valence-electron chi connectivity index (χ1n) is 6.11. The minimum Gasteiger partial charge on any atom is -0.354 e. The molecule has 0 aromatic heterocycles. The lowest BCUT2D eigenvalue weighted by molar-refractivity contribution is -0.122. The summed E-state index contributed by atoms with van der Waals surface area (Å²) in [6.45, 7) is 6.45. The van der Waals surface area contributed by atoms with Gasteiger partial charge in [0.25, 0.3) is 0 Å². The van der Waals surface area contributed by atoms with Crippen LogP contribution in [0.4, 0.5) is 0 Å². The van der Waals surface area contributed by atoms with Crippen molar-refractivity contribution in [1.29, 1.82) is 0 Å². The van der Waals surface area contributed by atoms with Gasteiger partial charge in [-0.25, -0.2) is 0 Å². The zero-order chi connectivity index (χ0) is 10.9. The molecule has 1 aliphatic heterocycles. The summed E-state index contributed by atoms with van der Waals surface area (Å²) in [4.78, 5) is 11.5. The highest BCUT2D eigenvalue weighted by Gasteiger charge is 2.34. The van der Waals surface area contributed by atoms with Crippen molar-refractivity contribution in [3.63, 3.8) is 0 Å². The highest BCUT2D eigenvalue weighted by molar-refractivity contribution is 5.85. The Hall–Kier alpha value is -0.280. The van der Waals surface area contributed by atoms with Crippen LogP contribution in [0, 0.1) is 11.3 Å². The van der Waals surface area contributed by atoms with Crippen molar-refractivity contribution in [2.45, 2.75) is 45.6 Å². The lowest BCUT2D eigenvalue weighted by Gasteiger charge is -2.39. The summed E-state index contributed by atoms with van der Waals surface area (Å²) < 4.78 is 0. The van der Waals surface area contributed by atoms with Crippen LogP contribution in [-0.4, -0.2) is 25.0 Å². The summed E-state index contributed by atoms with van der Waals surface area (Å²) in [5.74, 6) is 0.592. The quantitative estimate of drug-likeness (QED) is 0.796. The van der Waals surface area contributed by atoms with E-state index in [0.29, 0.717) is 17.4 Å². The first-order chi connectivity index (χ1) is 7.09. The van der Waals surface area contributed by atoms with Gasteiger partial charge in [0.05, 0.1) is 0 Å². The van der Waals surface area contributed by atoms with E-state index in [9.17, 15) is 4.79 Å². The van der Waals surface area contributed by atoms with Crippen LogP contribution in [0.1, 0.15) is 39.5 Å². The Bertz CT molecular complexity index is 251. The molecule has 2 rings (SSSR count). The number of hydrogen-bond donors (Lipinski definition) is 2. The topological polar surface area (TPSA) is 41.1 Å². The van der Waals surface area contributed by atoms with Crippen LogP contribution in [0.3, 0.4) is 0 Å². The molecule has 3 nitrogen and oxygen atoms in total. The lowest BCUT2D eigenvalue weighted by atomic mass is 9.77. The molecule has 2 aliphatic rings. The number of carbonyl (C=O) groups excluding carboxylic acids is 1. The smallest absolute Gasteiger partial charge is 0.223 e. The summed E-state index contributed by atoms with van der Waals surface area (Å²) in [5, 5.41) is 6.58. The molecule has 0 radical (unpaired) electrons. The van der Waals surface area contributed by atoms with Gasteiger partial charge in [-0.2, -0.15) is 0 Å². The molecule has 1 unspecified atom stereocenters. The second-order valence-corrected chi connectivity index (χ2v) is 5.62. The molecule has 2 fully saturated rings. The van der Waals surface area contributed by atoms with E-state index in [1.165, 1.54) is 12.8 Å². The fourth-order valence-corrected chi connectivity index (χ4v) is 2.31. The third-order valence-electron chi connectivity index (χ3n) is 3.76. The summed E-state index contributed by atoms with van der Waals surface area (Å²) in [7, 11) is 0. The average molecular weight is 247 g/mol. The number of piperidine rings is 1. The molecule has 1 saturated heterocycles. The number of nitrogens with one attached hydrogen (secondary N) is 2. The van der Waals surface area contributed by atoms with Gasteiger partial charge in [0.1, 0.15) is 0 Å². The van der Waals surface area contributed by atoms with Crippen LogP contribution in [0.2, 0.25) is 0 Å². The van der Waals surface area contributed by atoms with Crippen LogP contribution >= 0.6 is 12.4 Å². The minimum absolute atomic E-state index is 0. The van der Waals surface area contributed by atoms with Crippen molar-refractivity contribution < 1.29 is 4.79 Å². The SMILES string of the molecule is CC1(C)CCCNC1CNC(=O)C1CC1.Cl. The number of halogens is 1. The molecule has 2 N–H and O–H groups in total. The minimum atomic E-state index is 0. The fraction of sp³-hybridized carbons (Fsp3) is 0.917. The standard InChI is InChI=1S/C12H22N2O.ClH/c1-12(2)6-3-7-13-10(12)8-14-11(15)9-4-5-9;/h9-10,13H,3-8H2,1-2H3,(H,14,15);1H. The number of rotatable bonds is 3. The number of amides is 1. The van der Waals surface area contributed by atoms with Crippen molar-refractivity contribution >= 4 is 18.3 Å². The van der Waals surface area contributed by atoms with E-state index in [1.54, 1.807) is 0 Å². The Morgan fingerprint density at radius 1 is 1.44 bits per heavy atom. The maximum absolute atomic E-state index is 11.5. The van der Waals surface area contributed by atoms with Crippen LogP contribution in [-0.2, 0) is 4.79 Å². The second-order valence-electron chi connectivity index (χ2n) is 5.62. The van der Waals surface area contributed by atoms with Crippen LogP contribution in [0.15, 0.2) is 0 Å². The van der Waals surface area contributed by atoms with Gasteiger partial charge in [-0.3, -0.25) is 4.79 Å². The molecular weight excluding hydrogens is 224 g/mol. The maximum atomic E-state index is 11.5. The predicted octanol–water partition coefficient (Wildman–Crippen LogP) is 1.71. The molecule has 1 heterocycles. The normalized spacial score (nSPS) is 28.0. The molecule has 1 saturated carbocycles. The zero-order valence-corrected chi connectivity index (χ0v) is 11.0. The van der Waals surface area contributed by atoms with Gasteiger partial charge in [-0.05, 0) is 37.6 Å². The van der Waals surface area contributed by atoms with E-state index >= 15 is 0 Å². The van der Waals surface area contributed by atoms with Crippen molar-refractivity contribution in [2.75, 3.05) is 13.1 Å². The molecule has 0 aromatic carbocycles. The summed E-state index contributed by atoms with van der Waals surface area (Å²) in [5.41, 5.74) is 0.315. The summed E-state index contributed by atoms with van der Waals surface area (Å²) in [6.07, 6.45) is 4.69. The van der Waals surface area contributed by atoms with Crippen molar-refractivity contribution in [3.8, 4) is 0 Å². The average Bonchev–Trinajstić information content (AvgIpc) is 2.98. The predicted molar refractivity (Wildman–Crippen MR) is 67.8 cm³/mol. The molecule has 1 aliphatic carbocycles. The molecule has 1 atom stereocenters. The van der Waals surface area contributed by atoms with Crippen molar-refractivity contribution in [3.05, 3.63) is 0 Å². The Labute approximate surface area is 104 Å². The van der Waals surface area contributed by atoms with E-state index < -0.39 is 0 Å². The third-order valence-corrected chi connectivity index (χ3v) is 3.76. The molecule has 4 heteroatoms. The van der Waals surface area contributed by atoms with E-state index in [0.717, 1.165) is 25.9 Å². The second kappa shape index (κ2) is 5.37. The molecule has 16 heavy (non-hydrogen) atoms. The highest BCUT2D eigenvalue weighted by atomic mass is 35.5. The molecule has 1 amide bonds. The van der Waals surface area contributed by atoms with Crippen LogP contribution in [0.25, 0.3) is 0 Å². The molecule has 94 valence electrons. The van der Waals surface area contributed by atoms with Crippen molar-refractivity contribution in [2.24, 2.45) is 11.3 Å². The lowest BCUT2D eigenvalue weighted by Crippen LogP contribution is -2.53. The van der Waals surface area contributed by atoms with E-state index in [2.05, 4.69) is 24.5 Å². The monoisotopic (exact) mass is 246 g/mol. The van der Waals surface area contributed by atoms with E-state index in [4.69, 9.17) is 0 Å². The van der Waals surface area contributed by atoms with Gasteiger partial charge in [-0.15, -0.1) is 12.4 Å². The Kier molecular flexibility index (Phi) is 4.62. The molecular formula is C12H23ClN2O. The van der Waals surface area contributed by atoms with Gasteiger partial charge in [0.2, 0.25) is 5.91 Å². The summed E-state index contributed by atoms with van der Waals surface area (Å²) in [6, 6.07) is 0.439. The fourth-order valence-electron chi connectivity index (χ4n) is 2.31. The van der Waals surface area contributed by atoms with Gasteiger partial charge >= 0.3 is 0 Å². The van der Waals surface area contributed by atoms with Gasteiger partial charge in [-0.1, -0.05) is 13.8 Å². The van der Waals surface area contributed by atoms with E-state index in [-0.39, 0.29) is 18.3 Å². The number of hydrogen-bond acceptors (Lipinski definition) is 2. The Morgan fingerprint density at radius 2 is 2.12 bits per heavy atom. The van der Waals surface area contributed by atoms with Gasteiger partial charge < -0.3 is 10.6 Å². The Balaban J connectivity index is 0.00000128. The number of carbonyl (C=O) groups is 1. The molecule has 0 bridgehead atoms. The third kappa shape index (κ3) is 3.36. The zero-order valence-electron chi connectivity index (χ0n) is 10.2. The van der Waals surface area contributed by atoms with Crippen LogP contribution < -0.4 is 10.6 Å². The maximum Gasteiger partial charge on any atom is 0.223 e. The van der Waals surface area contributed by atoms with Crippen LogP contribution in [0.5, 0.6) is 0 Å². The van der Waals surface area contributed by atoms with Gasteiger partial charge in [0, 0.05) is 18.5 Å². The first kappa shape index (κ1) is 13.8. The van der Waals surface area contributed by atoms with Gasteiger partial charge in [0.15, 0.2) is 0 Å². The Morgan fingerprint density at radius 3 is 2.69 bits per heavy atom. The largest absolute Gasteiger partial charge is 0.354 e.